The van der Waals surface area contributed by atoms with Crippen LogP contribution in [-0.2, 0) is 0 Å². The van der Waals surface area contributed by atoms with Crippen molar-refractivity contribution in [2.45, 2.75) is 12.5 Å². The standard InChI is InChI=1S/C22H15FN4OS/c23-16-6-3-14(4-7-16)18-13-20(27(26-18)22(28)21-2-1-11-29-21)15-5-8-17-19(12-15)25-10-9-24-17/h1-12,20H,13H2/t20-/m1/s1. The van der Waals surface area contributed by atoms with Crippen molar-refractivity contribution in [2.24, 2.45) is 5.10 Å². The number of halogens is 1. The number of hydrogen-bond acceptors (Lipinski definition) is 5. The monoisotopic (exact) mass is 402 g/mol. The Bertz CT molecular complexity index is 1220. The lowest BCUT2D eigenvalue weighted by Crippen LogP contribution is -2.26. The first kappa shape index (κ1) is 17.6. The summed E-state index contributed by atoms with van der Waals surface area (Å²) < 4.78 is 13.3. The zero-order valence-electron chi connectivity index (χ0n) is 15.2. The van der Waals surface area contributed by atoms with Crippen LogP contribution in [0.15, 0.2) is 77.5 Å². The summed E-state index contributed by atoms with van der Waals surface area (Å²) >= 11 is 1.38. The average molecular weight is 402 g/mol. The second kappa shape index (κ2) is 7.18. The van der Waals surface area contributed by atoms with Crippen LogP contribution in [0.3, 0.4) is 0 Å². The molecular formula is C22H15FN4OS. The summed E-state index contributed by atoms with van der Waals surface area (Å²) in [6, 6.07) is 15.4. The minimum absolute atomic E-state index is 0.152. The van der Waals surface area contributed by atoms with Gasteiger partial charge < -0.3 is 0 Å². The predicted octanol–water partition coefficient (Wildman–Crippen LogP) is 4.82. The predicted molar refractivity (Wildman–Crippen MR) is 110 cm³/mol. The number of aromatic nitrogens is 2. The number of fused-ring (bicyclic) bond motifs is 1. The maximum absolute atomic E-state index is 13.3. The number of rotatable bonds is 3. The van der Waals surface area contributed by atoms with Crippen molar-refractivity contribution in [3.8, 4) is 0 Å². The van der Waals surface area contributed by atoms with Crippen molar-refractivity contribution in [2.75, 3.05) is 0 Å². The second-order valence-electron chi connectivity index (χ2n) is 6.71. The molecular weight excluding hydrogens is 387 g/mol. The molecule has 142 valence electrons. The van der Waals surface area contributed by atoms with E-state index in [1.165, 1.54) is 28.5 Å². The van der Waals surface area contributed by atoms with Gasteiger partial charge in [0.2, 0.25) is 0 Å². The normalized spacial score (nSPS) is 16.2. The Labute approximate surface area is 170 Å². The van der Waals surface area contributed by atoms with Crippen LogP contribution >= 0.6 is 11.3 Å². The molecule has 5 rings (SSSR count). The summed E-state index contributed by atoms with van der Waals surface area (Å²) in [5, 5.41) is 8.03. The molecule has 3 heterocycles. The number of amides is 1. The average Bonchev–Trinajstić information content (AvgIpc) is 3.44. The van der Waals surface area contributed by atoms with Gasteiger partial charge in [-0.15, -0.1) is 11.3 Å². The summed E-state index contributed by atoms with van der Waals surface area (Å²) in [5.41, 5.74) is 4.05. The number of carbonyl (C=O) groups is 1. The van der Waals surface area contributed by atoms with Crippen LogP contribution in [0.5, 0.6) is 0 Å². The zero-order chi connectivity index (χ0) is 19.8. The maximum atomic E-state index is 13.3. The fourth-order valence-electron chi connectivity index (χ4n) is 3.47. The van der Waals surface area contributed by atoms with Gasteiger partial charge in [-0.1, -0.05) is 24.3 Å². The summed E-state index contributed by atoms with van der Waals surface area (Å²) in [7, 11) is 0. The highest BCUT2D eigenvalue weighted by Crippen LogP contribution is 2.35. The van der Waals surface area contributed by atoms with Gasteiger partial charge in [0.1, 0.15) is 5.82 Å². The molecule has 0 unspecified atom stereocenters. The molecule has 0 spiro atoms. The lowest BCUT2D eigenvalue weighted by molar-refractivity contribution is 0.0716. The molecule has 29 heavy (non-hydrogen) atoms. The van der Waals surface area contributed by atoms with Crippen LogP contribution in [-0.4, -0.2) is 26.6 Å². The summed E-state index contributed by atoms with van der Waals surface area (Å²) in [4.78, 5) is 22.4. The minimum atomic E-state index is -0.302. The summed E-state index contributed by atoms with van der Waals surface area (Å²) in [5.74, 6) is -0.454. The van der Waals surface area contributed by atoms with Crippen LogP contribution < -0.4 is 0 Å². The highest BCUT2D eigenvalue weighted by molar-refractivity contribution is 7.12. The number of thiophene rings is 1. The molecule has 1 atom stereocenters. The maximum Gasteiger partial charge on any atom is 0.284 e. The molecule has 2 aromatic carbocycles. The van der Waals surface area contributed by atoms with E-state index < -0.39 is 0 Å². The third-order valence-corrected chi connectivity index (χ3v) is 5.76. The third kappa shape index (κ3) is 3.30. The number of nitrogens with zero attached hydrogens (tertiary/aromatic N) is 4. The van der Waals surface area contributed by atoms with Gasteiger partial charge >= 0.3 is 0 Å². The van der Waals surface area contributed by atoms with Gasteiger partial charge in [0, 0.05) is 18.8 Å². The van der Waals surface area contributed by atoms with Crippen molar-refractivity contribution in [3.63, 3.8) is 0 Å². The molecule has 0 bridgehead atoms. The fraction of sp³-hybridized carbons (Fsp3) is 0.0909. The number of hydrazone groups is 1. The van der Waals surface area contributed by atoms with Gasteiger partial charge in [-0.25, -0.2) is 9.40 Å². The highest BCUT2D eigenvalue weighted by atomic mass is 32.1. The second-order valence-corrected chi connectivity index (χ2v) is 7.65. The van der Waals surface area contributed by atoms with Crippen molar-refractivity contribution in [3.05, 3.63) is 94.2 Å². The van der Waals surface area contributed by atoms with Crippen molar-refractivity contribution in [1.29, 1.82) is 0 Å². The van der Waals surface area contributed by atoms with Gasteiger partial charge in [0.25, 0.3) is 5.91 Å². The molecule has 1 aliphatic rings. The minimum Gasteiger partial charge on any atom is -0.266 e. The molecule has 0 saturated heterocycles. The molecule has 2 aromatic heterocycles. The smallest absolute Gasteiger partial charge is 0.266 e. The van der Waals surface area contributed by atoms with Gasteiger partial charge in [-0.05, 0) is 46.8 Å². The van der Waals surface area contributed by atoms with E-state index in [0.29, 0.717) is 11.3 Å². The molecule has 0 aliphatic carbocycles. The van der Waals surface area contributed by atoms with E-state index in [9.17, 15) is 9.18 Å². The lowest BCUT2D eigenvalue weighted by atomic mass is 9.98. The summed E-state index contributed by atoms with van der Waals surface area (Å²) in [6.45, 7) is 0. The molecule has 1 amide bonds. The molecule has 7 heteroatoms. The van der Waals surface area contributed by atoms with Crippen molar-refractivity contribution >= 4 is 34.0 Å². The van der Waals surface area contributed by atoms with Crippen LogP contribution in [0.4, 0.5) is 4.39 Å². The van der Waals surface area contributed by atoms with Gasteiger partial charge in [0.05, 0.1) is 27.7 Å². The third-order valence-electron chi connectivity index (χ3n) is 4.91. The molecule has 4 aromatic rings. The van der Waals surface area contributed by atoms with E-state index in [2.05, 4.69) is 15.1 Å². The zero-order valence-corrected chi connectivity index (χ0v) is 16.0. The van der Waals surface area contributed by atoms with E-state index >= 15 is 0 Å². The first-order valence-corrected chi connectivity index (χ1v) is 9.98. The van der Waals surface area contributed by atoms with Crippen LogP contribution in [0.1, 0.15) is 33.3 Å². The topological polar surface area (TPSA) is 58.5 Å². The van der Waals surface area contributed by atoms with E-state index in [1.807, 2.05) is 29.6 Å². The Hall–Kier alpha value is -3.45. The molecule has 0 N–H and O–H groups in total. The van der Waals surface area contributed by atoms with Gasteiger partial charge in [-0.3, -0.25) is 14.8 Å². The van der Waals surface area contributed by atoms with E-state index in [0.717, 1.165) is 27.9 Å². The first-order chi connectivity index (χ1) is 14.2. The quantitative estimate of drug-likeness (QED) is 0.494. The Balaban J connectivity index is 1.56. The molecule has 0 radical (unpaired) electrons. The van der Waals surface area contributed by atoms with E-state index in [-0.39, 0.29) is 17.8 Å². The Kier molecular flexibility index (Phi) is 4.37. The summed E-state index contributed by atoms with van der Waals surface area (Å²) in [6.07, 6.45) is 3.84. The van der Waals surface area contributed by atoms with Crippen LogP contribution in [0, 0.1) is 5.82 Å². The van der Waals surface area contributed by atoms with Crippen LogP contribution in [0.2, 0.25) is 0 Å². The molecule has 0 fully saturated rings. The van der Waals surface area contributed by atoms with Crippen LogP contribution in [0.25, 0.3) is 11.0 Å². The van der Waals surface area contributed by atoms with E-state index in [1.54, 1.807) is 30.6 Å². The Morgan fingerprint density at radius 1 is 1.03 bits per heavy atom. The number of carbonyl (C=O) groups excluding carboxylic acids is 1. The lowest BCUT2D eigenvalue weighted by Gasteiger charge is -2.21. The van der Waals surface area contributed by atoms with E-state index in [4.69, 9.17) is 0 Å². The Morgan fingerprint density at radius 2 is 1.83 bits per heavy atom. The number of hydrogen-bond donors (Lipinski definition) is 0. The fourth-order valence-corrected chi connectivity index (χ4v) is 4.13. The van der Waals surface area contributed by atoms with Crippen molar-refractivity contribution < 1.29 is 9.18 Å². The highest BCUT2D eigenvalue weighted by Gasteiger charge is 2.34. The van der Waals surface area contributed by atoms with Crippen molar-refractivity contribution in [1.82, 2.24) is 15.0 Å². The SMILES string of the molecule is O=C(c1cccs1)N1N=C(c2ccc(F)cc2)C[C@@H]1c1ccc2nccnc2c1. The largest absolute Gasteiger partial charge is 0.284 e. The molecule has 0 saturated carbocycles. The number of benzene rings is 2. The van der Waals surface area contributed by atoms with Gasteiger partial charge in [0.15, 0.2) is 0 Å². The van der Waals surface area contributed by atoms with Gasteiger partial charge in [-0.2, -0.15) is 5.10 Å². The first-order valence-electron chi connectivity index (χ1n) is 9.10. The molecule has 5 nitrogen and oxygen atoms in total. The Morgan fingerprint density at radius 3 is 2.59 bits per heavy atom. The molecule has 1 aliphatic heterocycles.